The molecule has 8 heteroatoms. The average molecular weight is 339 g/mol. The molecule has 120 valence electrons. The SMILES string of the molecule is O=C(CCOc1ccc(F)cc1)Nc1ccc(Cl)c([N+](=O)[O-])c1. The summed E-state index contributed by atoms with van der Waals surface area (Å²) in [6, 6.07) is 9.40. The van der Waals surface area contributed by atoms with Gasteiger partial charge in [0.25, 0.3) is 5.69 Å². The summed E-state index contributed by atoms with van der Waals surface area (Å²) >= 11 is 5.69. The summed E-state index contributed by atoms with van der Waals surface area (Å²) in [7, 11) is 0. The second kappa shape index (κ2) is 7.55. The molecule has 1 N–H and O–H groups in total. The van der Waals surface area contributed by atoms with Gasteiger partial charge in [-0.1, -0.05) is 11.6 Å². The second-order valence-electron chi connectivity index (χ2n) is 4.52. The van der Waals surface area contributed by atoms with Crippen LogP contribution in [0, 0.1) is 15.9 Å². The maximum atomic E-state index is 12.7. The number of amides is 1. The summed E-state index contributed by atoms with van der Waals surface area (Å²) in [5, 5.41) is 13.3. The molecule has 6 nitrogen and oxygen atoms in total. The summed E-state index contributed by atoms with van der Waals surface area (Å²) in [5.41, 5.74) is -0.0140. The molecule has 0 unspecified atom stereocenters. The van der Waals surface area contributed by atoms with Gasteiger partial charge in [0.1, 0.15) is 16.6 Å². The van der Waals surface area contributed by atoms with Crippen molar-refractivity contribution in [3.05, 3.63) is 63.4 Å². The third-order valence-electron chi connectivity index (χ3n) is 2.84. The molecule has 2 aromatic carbocycles. The molecule has 0 atom stereocenters. The van der Waals surface area contributed by atoms with Gasteiger partial charge in [-0.05, 0) is 36.4 Å². The normalized spacial score (nSPS) is 10.2. The lowest BCUT2D eigenvalue weighted by Crippen LogP contribution is -2.15. The molecule has 0 heterocycles. The van der Waals surface area contributed by atoms with Crippen LogP contribution in [0.25, 0.3) is 0 Å². The average Bonchev–Trinajstić information content (AvgIpc) is 2.51. The highest BCUT2D eigenvalue weighted by molar-refractivity contribution is 6.32. The molecule has 0 aliphatic carbocycles. The van der Waals surface area contributed by atoms with Crippen molar-refractivity contribution in [3.8, 4) is 5.75 Å². The van der Waals surface area contributed by atoms with Crippen molar-refractivity contribution in [1.29, 1.82) is 0 Å². The third kappa shape index (κ3) is 4.93. The smallest absolute Gasteiger partial charge is 0.289 e. The lowest BCUT2D eigenvalue weighted by Gasteiger charge is -2.07. The zero-order valence-corrected chi connectivity index (χ0v) is 12.5. The Morgan fingerprint density at radius 2 is 1.96 bits per heavy atom. The molecule has 0 spiro atoms. The van der Waals surface area contributed by atoms with E-state index in [1.54, 1.807) is 0 Å². The summed E-state index contributed by atoms with van der Waals surface area (Å²) < 4.78 is 18.0. The van der Waals surface area contributed by atoms with Crippen molar-refractivity contribution >= 4 is 28.9 Å². The Balaban J connectivity index is 1.86. The predicted molar refractivity (Wildman–Crippen MR) is 83.2 cm³/mol. The van der Waals surface area contributed by atoms with Crippen molar-refractivity contribution in [1.82, 2.24) is 0 Å². The first kappa shape index (κ1) is 16.7. The quantitative estimate of drug-likeness (QED) is 0.641. The van der Waals surface area contributed by atoms with Crippen molar-refractivity contribution in [3.63, 3.8) is 0 Å². The molecule has 23 heavy (non-hydrogen) atoms. The van der Waals surface area contributed by atoms with Gasteiger partial charge in [-0.15, -0.1) is 0 Å². The molecule has 2 aromatic rings. The first-order valence-corrected chi connectivity index (χ1v) is 6.95. The van der Waals surface area contributed by atoms with Gasteiger partial charge in [-0.25, -0.2) is 4.39 Å². The number of carbonyl (C=O) groups excluding carboxylic acids is 1. The van der Waals surface area contributed by atoms with Gasteiger partial charge in [0.05, 0.1) is 18.0 Å². The van der Waals surface area contributed by atoms with E-state index in [9.17, 15) is 19.3 Å². The highest BCUT2D eigenvalue weighted by Gasteiger charge is 2.13. The zero-order chi connectivity index (χ0) is 16.8. The van der Waals surface area contributed by atoms with Crippen LogP contribution in [0.4, 0.5) is 15.8 Å². The van der Waals surface area contributed by atoms with E-state index < -0.39 is 4.92 Å². The maximum Gasteiger partial charge on any atom is 0.289 e. The van der Waals surface area contributed by atoms with Crippen LogP contribution in [0.2, 0.25) is 5.02 Å². The van der Waals surface area contributed by atoms with Crippen LogP contribution in [0.15, 0.2) is 42.5 Å². The summed E-state index contributed by atoms with van der Waals surface area (Å²) in [6.45, 7) is 0.0904. The van der Waals surface area contributed by atoms with E-state index in [1.165, 1.54) is 42.5 Å². The number of hydrogen-bond acceptors (Lipinski definition) is 4. The van der Waals surface area contributed by atoms with E-state index in [0.717, 1.165) is 0 Å². The highest BCUT2D eigenvalue weighted by Crippen LogP contribution is 2.27. The van der Waals surface area contributed by atoms with Crippen LogP contribution in [-0.4, -0.2) is 17.4 Å². The Bertz CT molecular complexity index is 722. The Morgan fingerprint density at radius 1 is 1.26 bits per heavy atom. The highest BCUT2D eigenvalue weighted by atomic mass is 35.5. The number of ether oxygens (including phenoxy) is 1. The van der Waals surface area contributed by atoms with Gasteiger partial charge >= 0.3 is 0 Å². The van der Waals surface area contributed by atoms with Gasteiger partial charge in [0, 0.05) is 11.8 Å². The molecule has 0 saturated heterocycles. The molecular formula is C15H12ClFN2O4. The molecule has 0 aromatic heterocycles. The number of anilines is 1. The topological polar surface area (TPSA) is 81.5 Å². The van der Waals surface area contributed by atoms with Crippen LogP contribution in [0.5, 0.6) is 5.75 Å². The van der Waals surface area contributed by atoms with E-state index in [1.807, 2.05) is 0 Å². The van der Waals surface area contributed by atoms with E-state index in [-0.39, 0.29) is 41.1 Å². The molecule has 0 aliphatic rings. The lowest BCUT2D eigenvalue weighted by molar-refractivity contribution is -0.384. The van der Waals surface area contributed by atoms with Crippen LogP contribution in [0.3, 0.4) is 0 Å². The molecule has 0 fully saturated rings. The minimum atomic E-state index is -0.629. The number of nitrogens with zero attached hydrogens (tertiary/aromatic N) is 1. The van der Waals surface area contributed by atoms with Crippen LogP contribution in [0.1, 0.15) is 6.42 Å². The Hall–Kier alpha value is -2.67. The number of nitrogens with one attached hydrogen (secondary N) is 1. The fraction of sp³-hybridized carbons (Fsp3) is 0.133. The number of nitro groups is 1. The molecular weight excluding hydrogens is 327 g/mol. The number of halogens is 2. The third-order valence-corrected chi connectivity index (χ3v) is 3.16. The first-order chi connectivity index (χ1) is 11.0. The van der Waals surface area contributed by atoms with Gasteiger partial charge in [0.15, 0.2) is 0 Å². The lowest BCUT2D eigenvalue weighted by atomic mass is 10.2. The molecule has 0 bridgehead atoms. The maximum absolute atomic E-state index is 12.7. The first-order valence-electron chi connectivity index (χ1n) is 6.58. The molecule has 0 aliphatic heterocycles. The number of benzene rings is 2. The minimum absolute atomic E-state index is 0.00681. The Morgan fingerprint density at radius 3 is 2.61 bits per heavy atom. The van der Waals surface area contributed by atoms with Gasteiger partial charge < -0.3 is 10.1 Å². The Kier molecular flexibility index (Phi) is 5.48. The number of rotatable bonds is 6. The van der Waals surface area contributed by atoms with E-state index in [4.69, 9.17) is 16.3 Å². The van der Waals surface area contributed by atoms with Crippen molar-refractivity contribution in [2.24, 2.45) is 0 Å². The number of nitro benzene ring substituents is 1. The zero-order valence-electron chi connectivity index (χ0n) is 11.8. The van der Waals surface area contributed by atoms with Crippen molar-refractivity contribution in [2.45, 2.75) is 6.42 Å². The van der Waals surface area contributed by atoms with E-state index in [2.05, 4.69) is 5.32 Å². The van der Waals surface area contributed by atoms with Crippen LogP contribution < -0.4 is 10.1 Å². The molecule has 0 radical (unpaired) electrons. The van der Waals surface area contributed by atoms with E-state index >= 15 is 0 Å². The van der Waals surface area contributed by atoms with E-state index in [0.29, 0.717) is 5.75 Å². The predicted octanol–water partition coefficient (Wildman–Crippen LogP) is 3.79. The number of hydrogen-bond donors (Lipinski definition) is 1. The fourth-order valence-electron chi connectivity index (χ4n) is 1.75. The van der Waals surface area contributed by atoms with Crippen LogP contribution >= 0.6 is 11.6 Å². The summed E-state index contributed by atoms with van der Waals surface area (Å²) in [5.74, 6) is -0.301. The van der Waals surface area contributed by atoms with Gasteiger partial charge in [0.2, 0.25) is 5.91 Å². The second-order valence-corrected chi connectivity index (χ2v) is 4.93. The fourth-order valence-corrected chi connectivity index (χ4v) is 1.93. The Labute approximate surface area is 136 Å². The van der Waals surface area contributed by atoms with Gasteiger partial charge in [-0.2, -0.15) is 0 Å². The standard InChI is InChI=1S/C15H12ClFN2O4/c16-13-6-3-11(9-14(13)19(21)22)18-15(20)7-8-23-12-4-1-10(17)2-5-12/h1-6,9H,7-8H2,(H,18,20). The van der Waals surface area contributed by atoms with Gasteiger partial charge in [-0.3, -0.25) is 14.9 Å². The van der Waals surface area contributed by atoms with Crippen LogP contribution in [-0.2, 0) is 4.79 Å². The largest absolute Gasteiger partial charge is 0.493 e. The molecule has 2 rings (SSSR count). The molecule has 1 amide bonds. The minimum Gasteiger partial charge on any atom is -0.493 e. The van der Waals surface area contributed by atoms with Crippen molar-refractivity contribution in [2.75, 3.05) is 11.9 Å². The van der Waals surface area contributed by atoms with Crippen molar-refractivity contribution < 1.29 is 18.8 Å². The monoisotopic (exact) mass is 338 g/mol. The number of carbonyl (C=O) groups is 1. The summed E-state index contributed by atoms with van der Waals surface area (Å²) in [4.78, 5) is 21.9. The summed E-state index contributed by atoms with van der Waals surface area (Å²) in [6.07, 6.45) is 0.0355. The molecule has 0 saturated carbocycles.